The van der Waals surface area contributed by atoms with E-state index in [2.05, 4.69) is 29.2 Å². The highest BCUT2D eigenvalue weighted by molar-refractivity contribution is 5.49. The first-order valence-electron chi connectivity index (χ1n) is 6.95. The summed E-state index contributed by atoms with van der Waals surface area (Å²) in [5, 5.41) is 9.01. The Hall–Kier alpha value is -1.06. The van der Waals surface area contributed by atoms with Gasteiger partial charge in [-0.15, -0.1) is 0 Å². The maximum Gasteiger partial charge on any atom is 0.0447 e. The maximum atomic E-state index is 9.01. The molecule has 1 saturated carbocycles. The summed E-state index contributed by atoms with van der Waals surface area (Å²) in [5.41, 5.74) is 8.31. The highest BCUT2D eigenvalue weighted by Gasteiger charge is 2.24. The first kappa shape index (κ1) is 13.4. The van der Waals surface area contributed by atoms with Crippen LogP contribution < -0.4 is 10.6 Å². The van der Waals surface area contributed by atoms with Crippen LogP contribution in [0.25, 0.3) is 0 Å². The fourth-order valence-corrected chi connectivity index (χ4v) is 2.43. The number of benzene rings is 1. The minimum atomic E-state index is 0.0913. The van der Waals surface area contributed by atoms with Gasteiger partial charge >= 0.3 is 0 Å². The molecule has 2 rings (SSSR count). The lowest BCUT2D eigenvalue weighted by molar-refractivity contribution is 0.283. The molecule has 0 unspecified atom stereocenters. The highest BCUT2D eigenvalue weighted by atomic mass is 16.3. The summed E-state index contributed by atoms with van der Waals surface area (Å²) in [7, 11) is 0. The molecule has 0 aromatic heterocycles. The molecular formula is C15H24N2O. The molecule has 0 saturated heterocycles. The van der Waals surface area contributed by atoms with Gasteiger partial charge in [0.05, 0.1) is 0 Å². The van der Waals surface area contributed by atoms with Gasteiger partial charge in [0.15, 0.2) is 0 Å². The van der Waals surface area contributed by atoms with Crippen molar-refractivity contribution in [3.05, 3.63) is 29.8 Å². The standard InChI is InChI=1S/C15H24N2O/c1-12(16)13-6-8-15(9-7-13)17(10-3-11-18)14-4-2-5-14/h6-9,12,14,18H,2-5,10-11,16H2,1H3/t12-/m0/s1. The van der Waals surface area contributed by atoms with Crippen LogP contribution in [0.15, 0.2) is 24.3 Å². The van der Waals surface area contributed by atoms with Crippen LogP contribution in [-0.2, 0) is 0 Å². The number of nitrogens with two attached hydrogens (primary N) is 1. The molecule has 0 amide bonds. The Kier molecular flexibility index (Phi) is 4.61. The molecule has 1 atom stereocenters. The molecule has 0 aliphatic heterocycles. The number of hydrogen-bond acceptors (Lipinski definition) is 3. The third kappa shape index (κ3) is 3.03. The van der Waals surface area contributed by atoms with E-state index in [4.69, 9.17) is 10.8 Å². The van der Waals surface area contributed by atoms with E-state index in [1.54, 1.807) is 0 Å². The molecule has 18 heavy (non-hydrogen) atoms. The monoisotopic (exact) mass is 248 g/mol. The molecule has 1 fully saturated rings. The molecule has 1 aliphatic rings. The first-order valence-corrected chi connectivity index (χ1v) is 6.95. The van der Waals surface area contributed by atoms with Gasteiger partial charge in [-0.2, -0.15) is 0 Å². The number of nitrogens with zero attached hydrogens (tertiary/aromatic N) is 1. The number of aliphatic hydroxyl groups excluding tert-OH is 1. The Morgan fingerprint density at radius 3 is 2.44 bits per heavy atom. The first-order chi connectivity index (χ1) is 8.72. The molecule has 100 valence electrons. The molecule has 1 aromatic carbocycles. The predicted octanol–water partition coefficient (Wildman–Crippen LogP) is 2.45. The Balaban J connectivity index is 2.08. The van der Waals surface area contributed by atoms with Gasteiger partial charge in [0.1, 0.15) is 0 Å². The van der Waals surface area contributed by atoms with E-state index in [1.165, 1.54) is 30.5 Å². The van der Waals surface area contributed by atoms with Gasteiger partial charge in [-0.3, -0.25) is 0 Å². The van der Waals surface area contributed by atoms with Gasteiger partial charge in [-0.05, 0) is 50.3 Å². The molecule has 0 radical (unpaired) electrons. The molecule has 0 spiro atoms. The Morgan fingerprint density at radius 2 is 2.00 bits per heavy atom. The van der Waals surface area contributed by atoms with Crippen molar-refractivity contribution >= 4 is 5.69 Å². The minimum Gasteiger partial charge on any atom is -0.396 e. The van der Waals surface area contributed by atoms with Crippen molar-refractivity contribution in [2.45, 2.75) is 44.7 Å². The number of hydrogen-bond donors (Lipinski definition) is 2. The second-order valence-corrected chi connectivity index (χ2v) is 5.24. The average Bonchev–Trinajstić information content (AvgIpc) is 2.32. The number of rotatable bonds is 6. The van der Waals surface area contributed by atoms with E-state index in [-0.39, 0.29) is 12.6 Å². The Bertz CT molecular complexity index is 357. The largest absolute Gasteiger partial charge is 0.396 e. The van der Waals surface area contributed by atoms with E-state index in [0.29, 0.717) is 6.04 Å². The van der Waals surface area contributed by atoms with Crippen LogP contribution in [0.3, 0.4) is 0 Å². The van der Waals surface area contributed by atoms with Gasteiger partial charge in [-0.25, -0.2) is 0 Å². The summed E-state index contributed by atoms with van der Waals surface area (Å²) in [6.07, 6.45) is 4.73. The summed E-state index contributed by atoms with van der Waals surface area (Å²) in [5.74, 6) is 0. The molecule has 0 bridgehead atoms. The fourth-order valence-electron chi connectivity index (χ4n) is 2.43. The average molecular weight is 248 g/mol. The lowest BCUT2D eigenvalue weighted by Crippen LogP contribution is -2.41. The van der Waals surface area contributed by atoms with Gasteiger partial charge < -0.3 is 15.7 Å². The van der Waals surface area contributed by atoms with Gasteiger partial charge in [0.2, 0.25) is 0 Å². The highest BCUT2D eigenvalue weighted by Crippen LogP contribution is 2.30. The van der Waals surface area contributed by atoms with Crippen LogP contribution >= 0.6 is 0 Å². The summed E-state index contributed by atoms with van der Waals surface area (Å²) < 4.78 is 0. The fraction of sp³-hybridized carbons (Fsp3) is 0.600. The van der Waals surface area contributed by atoms with Crippen molar-refractivity contribution in [2.24, 2.45) is 5.73 Å². The van der Waals surface area contributed by atoms with Crippen LogP contribution in [0, 0.1) is 0 Å². The van der Waals surface area contributed by atoms with Gasteiger partial charge in [-0.1, -0.05) is 12.1 Å². The second-order valence-electron chi connectivity index (χ2n) is 5.24. The van der Waals surface area contributed by atoms with E-state index in [1.807, 2.05) is 6.92 Å². The molecule has 3 nitrogen and oxygen atoms in total. The smallest absolute Gasteiger partial charge is 0.0447 e. The Labute approximate surface area is 110 Å². The topological polar surface area (TPSA) is 49.5 Å². The predicted molar refractivity (Wildman–Crippen MR) is 75.7 cm³/mol. The van der Waals surface area contributed by atoms with Crippen molar-refractivity contribution in [3.8, 4) is 0 Å². The zero-order chi connectivity index (χ0) is 13.0. The quantitative estimate of drug-likeness (QED) is 0.813. The number of anilines is 1. The third-order valence-corrected chi connectivity index (χ3v) is 3.82. The van der Waals surface area contributed by atoms with E-state index in [9.17, 15) is 0 Å². The van der Waals surface area contributed by atoms with Crippen molar-refractivity contribution < 1.29 is 5.11 Å². The van der Waals surface area contributed by atoms with E-state index in [0.717, 1.165) is 13.0 Å². The van der Waals surface area contributed by atoms with E-state index >= 15 is 0 Å². The molecule has 3 N–H and O–H groups in total. The minimum absolute atomic E-state index is 0.0913. The summed E-state index contributed by atoms with van der Waals surface area (Å²) >= 11 is 0. The van der Waals surface area contributed by atoms with Crippen LogP contribution in [-0.4, -0.2) is 24.3 Å². The van der Waals surface area contributed by atoms with Crippen molar-refractivity contribution in [2.75, 3.05) is 18.1 Å². The molecule has 3 heteroatoms. The van der Waals surface area contributed by atoms with Crippen LogP contribution in [0.1, 0.15) is 44.2 Å². The maximum absolute atomic E-state index is 9.01. The normalized spacial score (nSPS) is 17.3. The number of aliphatic hydroxyl groups is 1. The van der Waals surface area contributed by atoms with Crippen LogP contribution in [0.2, 0.25) is 0 Å². The summed E-state index contributed by atoms with van der Waals surface area (Å²) in [4.78, 5) is 2.44. The molecule has 1 aliphatic carbocycles. The lowest BCUT2D eigenvalue weighted by Gasteiger charge is -2.39. The molecule has 0 heterocycles. The molecule has 1 aromatic rings. The zero-order valence-corrected chi connectivity index (χ0v) is 11.2. The van der Waals surface area contributed by atoms with Crippen LogP contribution in [0.4, 0.5) is 5.69 Å². The summed E-state index contributed by atoms with van der Waals surface area (Å²) in [6.45, 7) is 3.21. The summed E-state index contributed by atoms with van der Waals surface area (Å²) in [6, 6.07) is 9.31. The van der Waals surface area contributed by atoms with Crippen LogP contribution in [0.5, 0.6) is 0 Å². The van der Waals surface area contributed by atoms with Gasteiger partial charge in [0, 0.05) is 30.9 Å². The van der Waals surface area contributed by atoms with Crippen molar-refractivity contribution in [1.82, 2.24) is 0 Å². The third-order valence-electron chi connectivity index (χ3n) is 3.82. The molecular weight excluding hydrogens is 224 g/mol. The van der Waals surface area contributed by atoms with Gasteiger partial charge in [0.25, 0.3) is 0 Å². The van der Waals surface area contributed by atoms with E-state index < -0.39 is 0 Å². The zero-order valence-electron chi connectivity index (χ0n) is 11.2. The van der Waals surface area contributed by atoms with Crippen molar-refractivity contribution in [3.63, 3.8) is 0 Å². The Morgan fingerprint density at radius 1 is 1.33 bits per heavy atom. The second kappa shape index (κ2) is 6.21. The SMILES string of the molecule is C[C@H](N)c1ccc(N(CCCO)C2CCC2)cc1. The lowest BCUT2D eigenvalue weighted by atomic mass is 9.90. The van der Waals surface area contributed by atoms with Crippen molar-refractivity contribution in [1.29, 1.82) is 0 Å².